The number of carbonyl (C=O) groups excluding carboxylic acids is 1. The minimum atomic E-state index is -0.441. The van der Waals surface area contributed by atoms with Gasteiger partial charge >= 0.3 is 0 Å². The molecule has 0 radical (unpaired) electrons. The number of thioether (sulfide) groups is 1. The number of aromatic amines is 1. The maximum Gasteiger partial charge on any atom is 0.240 e. The van der Waals surface area contributed by atoms with Gasteiger partial charge in [0.1, 0.15) is 10.5 Å². The molecule has 0 aliphatic rings. The molecule has 1 amide bonds. The fourth-order valence-electron chi connectivity index (χ4n) is 1.94. The van der Waals surface area contributed by atoms with Gasteiger partial charge in [0.05, 0.1) is 24.0 Å². The summed E-state index contributed by atoms with van der Waals surface area (Å²) in [6.45, 7) is 1.88. The highest BCUT2D eigenvalue weighted by Crippen LogP contribution is 2.29. The number of nitrogens with two attached hydrogens (primary N) is 1. The number of amides is 1. The lowest BCUT2D eigenvalue weighted by Crippen LogP contribution is -2.25. The molecule has 0 fully saturated rings. The number of H-pyrrole nitrogens is 1. The molecule has 11 heteroatoms. The predicted molar refractivity (Wildman–Crippen MR) is 88.4 cm³/mol. The van der Waals surface area contributed by atoms with E-state index in [9.17, 15) is 4.79 Å². The molecule has 0 aromatic carbocycles. The molecule has 0 saturated carbocycles. The van der Waals surface area contributed by atoms with Gasteiger partial charge < -0.3 is 15.8 Å². The molecular formula is C13H14N8O2S. The van der Waals surface area contributed by atoms with Crippen LogP contribution in [0.2, 0.25) is 0 Å². The number of aromatic hydroxyl groups is 1. The largest absolute Gasteiger partial charge is 0.505 e. The van der Waals surface area contributed by atoms with Gasteiger partial charge in [-0.25, -0.2) is 19.9 Å². The number of nitrogens with one attached hydrogen (secondary N) is 2. The van der Waals surface area contributed by atoms with Crippen molar-refractivity contribution in [3.8, 4) is 5.75 Å². The van der Waals surface area contributed by atoms with Crippen molar-refractivity contribution in [1.82, 2.24) is 29.9 Å². The zero-order valence-corrected chi connectivity index (χ0v) is 13.4. The van der Waals surface area contributed by atoms with Crippen molar-refractivity contribution in [2.45, 2.75) is 23.6 Å². The number of nitrogens with zero attached hydrogens (tertiary/aromatic N) is 5. The lowest BCUT2D eigenvalue weighted by Gasteiger charge is -2.13. The molecule has 3 aromatic heterocycles. The van der Waals surface area contributed by atoms with E-state index in [2.05, 4.69) is 35.2 Å². The second kappa shape index (κ2) is 6.66. The molecule has 3 heterocycles. The Labute approximate surface area is 140 Å². The van der Waals surface area contributed by atoms with Crippen LogP contribution in [-0.4, -0.2) is 46.2 Å². The lowest BCUT2D eigenvalue weighted by molar-refractivity contribution is -0.115. The van der Waals surface area contributed by atoms with E-state index in [1.54, 1.807) is 0 Å². The van der Waals surface area contributed by atoms with Gasteiger partial charge in [-0.2, -0.15) is 4.98 Å². The number of rotatable bonds is 5. The first-order chi connectivity index (χ1) is 11.6. The smallest absolute Gasteiger partial charge is 0.240 e. The summed E-state index contributed by atoms with van der Waals surface area (Å²) in [5, 5.41) is 11.9. The highest BCUT2D eigenvalue weighted by Gasteiger charge is 2.22. The molecule has 0 bridgehead atoms. The van der Waals surface area contributed by atoms with E-state index >= 15 is 0 Å². The van der Waals surface area contributed by atoms with Crippen LogP contribution in [0.25, 0.3) is 11.2 Å². The van der Waals surface area contributed by atoms with Crippen molar-refractivity contribution in [3.63, 3.8) is 0 Å². The molecule has 10 nitrogen and oxygen atoms in total. The molecule has 24 heavy (non-hydrogen) atoms. The molecule has 0 saturated heterocycles. The number of anilines is 2. The van der Waals surface area contributed by atoms with Gasteiger partial charge in [0.25, 0.3) is 0 Å². The Hall–Kier alpha value is -2.95. The minimum absolute atomic E-state index is 0.0764. The summed E-state index contributed by atoms with van der Waals surface area (Å²) >= 11 is 1.25. The zero-order valence-electron chi connectivity index (χ0n) is 12.6. The second-order valence-corrected chi connectivity index (χ2v) is 5.95. The average molecular weight is 346 g/mol. The minimum Gasteiger partial charge on any atom is -0.505 e. The summed E-state index contributed by atoms with van der Waals surface area (Å²) < 4.78 is 0. The van der Waals surface area contributed by atoms with Crippen LogP contribution in [0.1, 0.15) is 13.3 Å². The number of aromatic nitrogens is 6. The summed E-state index contributed by atoms with van der Waals surface area (Å²) in [7, 11) is 0. The number of nitrogen functional groups attached to an aromatic ring is 1. The van der Waals surface area contributed by atoms with Gasteiger partial charge in [0.15, 0.2) is 11.4 Å². The third-order valence-corrected chi connectivity index (χ3v) is 4.41. The van der Waals surface area contributed by atoms with E-state index in [1.165, 1.54) is 30.5 Å². The van der Waals surface area contributed by atoms with Gasteiger partial charge in [0.2, 0.25) is 17.8 Å². The highest BCUT2D eigenvalue weighted by molar-refractivity contribution is 8.00. The third-order valence-electron chi connectivity index (χ3n) is 3.06. The Morgan fingerprint density at radius 3 is 2.83 bits per heavy atom. The van der Waals surface area contributed by atoms with Gasteiger partial charge in [0, 0.05) is 0 Å². The van der Waals surface area contributed by atoms with Gasteiger partial charge in [-0.05, 0) is 6.42 Å². The van der Waals surface area contributed by atoms with E-state index in [1.807, 2.05) is 6.92 Å². The Bertz CT molecular complexity index is 866. The number of carbonyl (C=O) groups is 1. The molecule has 0 unspecified atom stereocenters. The summed E-state index contributed by atoms with van der Waals surface area (Å²) in [4.78, 5) is 35.3. The van der Waals surface area contributed by atoms with Crippen molar-refractivity contribution in [3.05, 3.63) is 18.7 Å². The van der Waals surface area contributed by atoms with Crippen molar-refractivity contribution < 1.29 is 9.90 Å². The fraction of sp³-hybridized carbons (Fsp3) is 0.231. The van der Waals surface area contributed by atoms with E-state index in [-0.39, 0.29) is 23.6 Å². The van der Waals surface area contributed by atoms with Gasteiger partial charge in [-0.1, -0.05) is 18.7 Å². The molecule has 1 atom stereocenters. The standard InChI is InChI=1S/C13H14N8O2S/c1-2-7(10(23)20-13-15-3-6(22)4-16-13)24-11-8-9(18-5-17-8)19-12(14)21-11/h3-5,7,22H,2H2,1H3,(H,15,16,20,23)(H3,14,17,18,19,21)/t7-/m1/s1. The molecular weight excluding hydrogens is 332 g/mol. The van der Waals surface area contributed by atoms with E-state index < -0.39 is 5.25 Å². The maximum atomic E-state index is 12.4. The Morgan fingerprint density at radius 1 is 1.38 bits per heavy atom. The number of hydrogen-bond donors (Lipinski definition) is 4. The number of imidazole rings is 1. The Morgan fingerprint density at radius 2 is 2.12 bits per heavy atom. The molecule has 0 aliphatic heterocycles. The summed E-state index contributed by atoms with van der Waals surface area (Å²) in [5.74, 6) is -0.148. The third kappa shape index (κ3) is 3.35. The van der Waals surface area contributed by atoms with Crippen molar-refractivity contribution in [2.24, 2.45) is 0 Å². The van der Waals surface area contributed by atoms with Crippen LogP contribution in [0.15, 0.2) is 23.7 Å². The molecule has 0 aliphatic carbocycles. The fourth-order valence-corrected chi connectivity index (χ4v) is 2.96. The van der Waals surface area contributed by atoms with Crippen LogP contribution in [0.3, 0.4) is 0 Å². The van der Waals surface area contributed by atoms with Gasteiger partial charge in [-0.3, -0.25) is 10.1 Å². The van der Waals surface area contributed by atoms with Crippen LogP contribution in [0.5, 0.6) is 5.75 Å². The van der Waals surface area contributed by atoms with Crippen LogP contribution >= 0.6 is 11.8 Å². The van der Waals surface area contributed by atoms with Crippen LogP contribution < -0.4 is 11.1 Å². The Kier molecular flexibility index (Phi) is 4.42. The molecule has 0 spiro atoms. The molecule has 3 rings (SSSR count). The van der Waals surface area contributed by atoms with Crippen molar-refractivity contribution in [2.75, 3.05) is 11.1 Å². The van der Waals surface area contributed by atoms with Crippen LogP contribution in [0, 0.1) is 0 Å². The SMILES string of the molecule is CC[C@@H](Sc1nc(N)nc2nc[nH]c12)C(=O)Nc1ncc(O)cn1. The first-order valence-corrected chi connectivity index (χ1v) is 7.90. The van der Waals surface area contributed by atoms with Crippen molar-refractivity contribution in [1.29, 1.82) is 0 Å². The summed E-state index contributed by atoms with van der Waals surface area (Å²) in [5.41, 5.74) is 6.75. The second-order valence-electron chi connectivity index (χ2n) is 4.76. The highest BCUT2D eigenvalue weighted by atomic mass is 32.2. The monoisotopic (exact) mass is 346 g/mol. The summed E-state index contributed by atoms with van der Waals surface area (Å²) in [6.07, 6.45) is 4.45. The van der Waals surface area contributed by atoms with Crippen molar-refractivity contribution >= 4 is 40.7 Å². The zero-order chi connectivity index (χ0) is 17.1. The van der Waals surface area contributed by atoms with E-state index in [4.69, 9.17) is 10.8 Å². The summed E-state index contributed by atoms with van der Waals surface area (Å²) in [6, 6.07) is 0. The van der Waals surface area contributed by atoms with E-state index in [0.717, 1.165) is 0 Å². The topological polar surface area (TPSA) is 156 Å². The first kappa shape index (κ1) is 15.9. The lowest BCUT2D eigenvalue weighted by atomic mass is 10.3. The van der Waals surface area contributed by atoms with Crippen LogP contribution in [0.4, 0.5) is 11.9 Å². The van der Waals surface area contributed by atoms with Crippen LogP contribution in [-0.2, 0) is 4.79 Å². The van der Waals surface area contributed by atoms with E-state index in [0.29, 0.717) is 22.6 Å². The first-order valence-electron chi connectivity index (χ1n) is 7.02. The quantitative estimate of drug-likeness (QED) is 0.390. The number of hydrogen-bond acceptors (Lipinski definition) is 9. The Balaban J connectivity index is 1.79. The molecule has 5 N–H and O–H groups in total. The number of fused-ring (bicyclic) bond motifs is 1. The predicted octanol–water partition coefficient (Wildman–Crippen LogP) is 0.940. The average Bonchev–Trinajstić information content (AvgIpc) is 3.02. The molecule has 3 aromatic rings. The molecule has 124 valence electrons. The maximum absolute atomic E-state index is 12.4. The normalized spacial score (nSPS) is 12.2. The van der Waals surface area contributed by atoms with Gasteiger partial charge in [-0.15, -0.1) is 0 Å².